The zero-order valence-corrected chi connectivity index (χ0v) is 18.9. The summed E-state index contributed by atoms with van der Waals surface area (Å²) in [5, 5.41) is 4.03. The predicted octanol–water partition coefficient (Wildman–Crippen LogP) is 3.57. The van der Waals surface area contributed by atoms with E-state index in [1.165, 1.54) is 51.4 Å². The van der Waals surface area contributed by atoms with Gasteiger partial charge in [-0.2, -0.15) is 0 Å². The summed E-state index contributed by atoms with van der Waals surface area (Å²) < 4.78 is 0. The van der Waals surface area contributed by atoms with Crippen LogP contribution >= 0.6 is 0 Å². The van der Waals surface area contributed by atoms with Gasteiger partial charge in [-0.15, -0.1) is 0 Å². The van der Waals surface area contributed by atoms with E-state index in [2.05, 4.69) is 17.1 Å². The highest BCUT2D eigenvalue weighted by molar-refractivity contribution is 5.85. The maximum Gasteiger partial charge on any atom is 0.228 e. The minimum absolute atomic E-state index is 0.0879. The number of piperidine rings is 1. The molecular weight excluding hydrogens is 374 g/mol. The molecule has 5 rings (SSSR count). The zero-order valence-electron chi connectivity index (χ0n) is 18.9. The first-order valence-electron chi connectivity index (χ1n) is 12.9. The van der Waals surface area contributed by atoms with Crippen molar-refractivity contribution in [3.05, 3.63) is 0 Å². The van der Waals surface area contributed by atoms with Crippen LogP contribution in [0, 0.1) is 23.2 Å². The number of carbonyl (C=O) groups is 2. The maximum atomic E-state index is 13.1. The van der Waals surface area contributed by atoms with Crippen LogP contribution in [0.3, 0.4) is 0 Å². The molecule has 2 aliphatic heterocycles. The fourth-order valence-electron chi connectivity index (χ4n) is 6.84. The Morgan fingerprint density at radius 2 is 1.30 bits per heavy atom. The number of hydrogen-bond acceptors (Lipinski definition) is 3. The van der Waals surface area contributed by atoms with E-state index in [1.54, 1.807) is 0 Å². The van der Waals surface area contributed by atoms with Gasteiger partial charge in [0.2, 0.25) is 11.8 Å². The zero-order chi connectivity index (χ0) is 20.7. The van der Waals surface area contributed by atoms with Gasteiger partial charge in [0.1, 0.15) is 0 Å². The van der Waals surface area contributed by atoms with E-state index in [1.807, 2.05) is 4.90 Å². The minimum Gasteiger partial charge on any atom is -0.339 e. The van der Waals surface area contributed by atoms with Crippen molar-refractivity contribution in [2.45, 2.75) is 96.1 Å². The van der Waals surface area contributed by atoms with Crippen LogP contribution in [0.4, 0.5) is 0 Å². The molecule has 0 bridgehead atoms. The third kappa shape index (κ3) is 4.16. The third-order valence-electron chi connectivity index (χ3n) is 9.27. The van der Waals surface area contributed by atoms with Crippen LogP contribution in [-0.2, 0) is 9.59 Å². The monoisotopic (exact) mass is 415 g/mol. The van der Waals surface area contributed by atoms with Gasteiger partial charge in [0.15, 0.2) is 0 Å². The molecule has 5 fully saturated rings. The molecule has 5 nitrogen and oxygen atoms in total. The Balaban J connectivity index is 1.07. The molecule has 5 heteroatoms. The van der Waals surface area contributed by atoms with Crippen LogP contribution in [0.2, 0.25) is 0 Å². The molecule has 0 aromatic carbocycles. The van der Waals surface area contributed by atoms with Crippen molar-refractivity contribution in [2.75, 3.05) is 26.2 Å². The smallest absolute Gasteiger partial charge is 0.228 e. The van der Waals surface area contributed by atoms with E-state index in [4.69, 9.17) is 0 Å². The van der Waals surface area contributed by atoms with Gasteiger partial charge >= 0.3 is 0 Å². The van der Waals surface area contributed by atoms with Crippen molar-refractivity contribution in [1.82, 2.24) is 15.1 Å². The maximum absolute atomic E-state index is 13.1. The Kier molecular flexibility index (Phi) is 5.85. The van der Waals surface area contributed by atoms with Crippen molar-refractivity contribution in [1.29, 1.82) is 0 Å². The lowest BCUT2D eigenvalue weighted by molar-refractivity contribution is -0.145. The van der Waals surface area contributed by atoms with E-state index >= 15 is 0 Å². The molecule has 1 N–H and O–H groups in total. The summed E-state index contributed by atoms with van der Waals surface area (Å²) in [7, 11) is 0. The van der Waals surface area contributed by atoms with Crippen molar-refractivity contribution in [3.8, 4) is 0 Å². The summed E-state index contributed by atoms with van der Waals surface area (Å²) >= 11 is 0. The second kappa shape index (κ2) is 8.44. The molecular formula is C25H41N3O2. The van der Waals surface area contributed by atoms with Crippen LogP contribution in [0.15, 0.2) is 0 Å². The number of amides is 2. The van der Waals surface area contributed by atoms with Gasteiger partial charge in [-0.1, -0.05) is 19.8 Å². The molecule has 3 aliphatic carbocycles. The average molecular weight is 416 g/mol. The standard InChI is InChI=1S/C25H41N3O2/c1-25(12-13-25)24(30)28-16-14-27(15-17-28)23(29)20-8-6-19(7-9-20)22-11-10-18-4-2-3-5-21(18)26-22/h18-22,26H,2-17H2,1H3. The van der Waals surface area contributed by atoms with E-state index in [0.717, 1.165) is 69.7 Å². The summed E-state index contributed by atoms with van der Waals surface area (Å²) in [6, 6.07) is 1.47. The van der Waals surface area contributed by atoms with Gasteiger partial charge in [-0.3, -0.25) is 9.59 Å². The van der Waals surface area contributed by atoms with Crippen molar-refractivity contribution in [3.63, 3.8) is 0 Å². The summed E-state index contributed by atoms with van der Waals surface area (Å²) in [4.78, 5) is 29.7. The van der Waals surface area contributed by atoms with Crippen molar-refractivity contribution in [2.24, 2.45) is 23.2 Å². The summed E-state index contributed by atoms with van der Waals surface area (Å²) in [6.45, 7) is 5.00. The summed E-state index contributed by atoms with van der Waals surface area (Å²) in [6.07, 6.45) is 15.0. The molecule has 0 aromatic rings. The van der Waals surface area contributed by atoms with Gasteiger partial charge in [0.25, 0.3) is 0 Å². The van der Waals surface area contributed by atoms with Crippen LogP contribution < -0.4 is 5.32 Å². The first-order valence-corrected chi connectivity index (χ1v) is 12.9. The molecule has 2 saturated heterocycles. The van der Waals surface area contributed by atoms with Gasteiger partial charge < -0.3 is 15.1 Å². The van der Waals surface area contributed by atoms with Gasteiger partial charge in [0, 0.05) is 49.6 Å². The summed E-state index contributed by atoms with van der Waals surface area (Å²) in [5.41, 5.74) is -0.0879. The Morgan fingerprint density at radius 3 is 2.00 bits per heavy atom. The molecule has 0 spiro atoms. The Morgan fingerprint density at radius 1 is 0.733 bits per heavy atom. The number of piperazine rings is 1. The largest absolute Gasteiger partial charge is 0.339 e. The quantitative estimate of drug-likeness (QED) is 0.767. The molecule has 3 atom stereocenters. The molecule has 2 amide bonds. The number of nitrogens with zero attached hydrogens (tertiary/aromatic N) is 2. The van der Waals surface area contributed by atoms with E-state index in [0.29, 0.717) is 17.9 Å². The van der Waals surface area contributed by atoms with Gasteiger partial charge in [-0.05, 0) is 76.0 Å². The van der Waals surface area contributed by atoms with E-state index in [-0.39, 0.29) is 11.3 Å². The molecule has 0 radical (unpaired) electrons. The van der Waals surface area contributed by atoms with Crippen LogP contribution in [0.5, 0.6) is 0 Å². The highest BCUT2D eigenvalue weighted by Crippen LogP contribution is 2.46. The molecule has 2 heterocycles. The molecule has 3 saturated carbocycles. The van der Waals surface area contributed by atoms with Crippen LogP contribution in [0.25, 0.3) is 0 Å². The highest BCUT2D eigenvalue weighted by atomic mass is 16.2. The van der Waals surface area contributed by atoms with Crippen LogP contribution in [0.1, 0.15) is 84.0 Å². The second-order valence-electron chi connectivity index (χ2n) is 11.3. The lowest BCUT2D eigenvalue weighted by Crippen LogP contribution is -2.54. The van der Waals surface area contributed by atoms with Gasteiger partial charge in [0.05, 0.1) is 0 Å². The molecule has 0 aromatic heterocycles. The molecule has 168 valence electrons. The third-order valence-corrected chi connectivity index (χ3v) is 9.27. The minimum atomic E-state index is -0.0879. The number of carbonyl (C=O) groups excluding carboxylic acids is 2. The lowest BCUT2D eigenvalue weighted by atomic mass is 9.71. The van der Waals surface area contributed by atoms with Gasteiger partial charge in [-0.25, -0.2) is 0 Å². The molecule has 5 aliphatic rings. The first-order chi connectivity index (χ1) is 14.5. The average Bonchev–Trinajstić information content (AvgIpc) is 3.56. The Hall–Kier alpha value is -1.10. The number of nitrogens with one attached hydrogen (secondary N) is 1. The normalized spacial score (nSPS) is 38.6. The number of fused-ring (bicyclic) bond motifs is 1. The fourth-order valence-corrected chi connectivity index (χ4v) is 6.84. The van der Waals surface area contributed by atoms with Crippen molar-refractivity contribution >= 4 is 11.8 Å². The fraction of sp³-hybridized carbons (Fsp3) is 0.920. The number of hydrogen-bond donors (Lipinski definition) is 1. The molecule has 30 heavy (non-hydrogen) atoms. The number of rotatable bonds is 3. The lowest BCUT2D eigenvalue weighted by Gasteiger charge is -2.45. The Labute approximate surface area is 182 Å². The summed E-state index contributed by atoms with van der Waals surface area (Å²) in [5.74, 6) is 2.60. The van der Waals surface area contributed by atoms with Crippen LogP contribution in [-0.4, -0.2) is 59.9 Å². The second-order valence-corrected chi connectivity index (χ2v) is 11.3. The topological polar surface area (TPSA) is 52.7 Å². The first kappa shape index (κ1) is 20.8. The molecule has 3 unspecified atom stereocenters. The van der Waals surface area contributed by atoms with Crippen molar-refractivity contribution < 1.29 is 9.59 Å². The highest BCUT2D eigenvalue weighted by Gasteiger charge is 2.47. The van der Waals surface area contributed by atoms with E-state index in [9.17, 15) is 9.59 Å². The predicted molar refractivity (Wildman–Crippen MR) is 118 cm³/mol. The van der Waals surface area contributed by atoms with E-state index < -0.39 is 0 Å². The Bertz CT molecular complexity index is 645. The SMILES string of the molecule is CC1(C(=O)N2CCN(C(=O)C3CCC(C4CCC5CCCCC5N4)CC3)CC2)CC1.